The molecule has 8 heteroatoms. The number of carbonyl (C=O) groups excluding carboxylic acids is 1. The number of carboxylic acid groups (broad SMARTS) is 1. The van der Waals surface area contributed by atoms with Gasteiger partial charge >= 0.3 is 5.97 Å². The first-order valence-corrected chi connectivity index (χ1v) is 11.4. The Labute approximate surface area is 193 Å². The number of carbonyl (C=O) groups is 2. The fourth-order valence-corrected chi connectivity index (χ4v) is 3.72. The van der Waals surface area contributed by atoms with Gasteiger partial charge < -0.3 is 10.4 Å². The van der Waals surface area contributed by atoms with E-state index in [1.807, 2.05) is 39.0 Å². The van der Waals surface area contributed by atoms with Crippen LogP contribution in [0, 0.1) is 5.41 Å². The van der Waals surface area contributed by atoms with E-state index < -0.39 is 11.4 Å². The van der Waals surface area contributed by atoms with Crippen molar-refractivity contribution in [2.75, 3.05) is 5.32 Å². The van der Waals surface area contributed by atoms with Crippen LogP contribution < -0.4 is 5.32 Å². The van der Waals surface area contributed by atoms with E-state index in [0.717, 1.165) is 22.6 Å². The van der Waals surface area contributed by atoms with Gasteiger partial charge in [0.05, 0.1) is 12.1 Å². The zero-order valence-electron chi connectivity index (χ0n) is 18.9. The molecular formula is C23H30ClN3O3S. The molecule has 1 heterocycles. The topological polar surface area (TPSA) is 92.2 Å². The summed E-state index contributed by atoms with van der Waals surface area (Å²) in [5.41, 5.74) is 2.70. The lowest BCUT2D eigenvalue weighted by Crippen LogP contribution is -2.27. The maximum Gasteiger partial charge on any atom is 0.309 e. The normalized spacial score (nSPS) is 12.0. The third-order valence-corrected chi connectivity index (χ3v) is 5.80. The standard InChI is InChI=1S/C23H30ClN3O3S/c1-22(2,3)21(30)26-16-8-7-14(15(9-16)13-31-23(4,5)6)10-19-25-17(12-20(28)29)11-18(24)27-19/h7-9,11H,10,12-13H2,1-6H3,(H,26,30)(H,28,29). The molecule has 0 fully saturated rings. The molecule has 0 spiro atoms. The molecule has 1 aromatic heterocycles. The van der Waals surface area contributed by atoms with Crippen LogP contribution in [-0.2, 0) is 28.2 Å². The number of amides is 1. The smallest absolute Gasteiger partial charge is 0.309 e. The molecule has 0 aliphatic rings. The number of nitrogens with zero attached hydrogens (tertiary/aromatic N) is 2. The lowest BCUT2D eigenvalue weighted by Gasteiger charge is -2.21. The Bertz CT molecular complexity index is 966. The number of nitrogens with one attached hydrogen (secondary N) is 1. The molecule has 0 atom stereocenters. The lowest BCUT2D eigenvalue weighted by molar-refractivity contribution is -0.136. The summed E-state index contributed by atoms with van der Waals surface area (Å²) in [6.45, 7) is 12.1. The summed E-state index contributed by atoms with van der Waals surface area (Å²) < 4.78 is 0.0726. The van der Waals surface area contributed by atoms with E-state index in [9.17, 15) is 9.59 Å². The van der Waals surface area contributed by atoms with Gasteiger partial charge in [0.1, 0.15) is 11.0 Å². The van der Waals surface area contributed by atoms with Crippen LogP contribution in [0.3, 0.4) is 0 Å². The fourth-order valence-electron chi connectivity index (χ4n) is 2.63. The van der Waals surface area contributed by atoms with Gasteiger partial charge in [-0.05, 0) is 29.3 Å². The average Bonchev–Trinajstić information content (AvgIpc) is 2.59. The van der Waals surface area contributed by atoms with E-state index in [4.69, 9.17) is 16.7 Å². The number of hydrogen-bond donors (Lipinski definition) is 2. The van der Waals surface area contributed by atoms with Crippen LogP contribution in [0.5, 0.6) is 0 Å². The molecule has 2 rings (SSSR count). The van der Waals surface area contributed by atoms with Gasteiger partial charge in [-0.1, -0.05) is 59.2 Å². The van der Waals surface area contributed by atoms with Gasteiger partial charge in [0.2, 0.25) is 5.91 Å². The molecule has 0 radical (unpaired) electrons. The second-order valence-electron chi connectivity index (χ2n) is 9.43. The van der Waals surface area contributed by atoms with Gasteiger partial charge in [-0.2, -0.15) is 11.8 Å². The van der Waals surface area contributed by atoms with Crippen LogP contribution in [-0.4, -0.2) is 31.7 Å². The van der Waals surface area contributed by atoms with E-state index >= 15 is 0 Å². The second kappa shape index (κ2) is 10.0. The molecule has 0 saturated carbocycles. The van der Waals surface area contributed by atoms with Gasteiger partial charge in [-0.3, -0.25) is 9.59 Å². The van der Waals surface area contributed by atoms with Crippen molar-refractivity contribution < 1.29 is 14.7 Å². The fraction of sp³-hybridized carbons (Fsp3) is 0.478. The molecule has 1 aromatic carbocycles. The summed E-state index contributed by atoms with van der Waals surface area (Å²) >= 11 is 7.89. The van der Waals surface area contributed by atoms with Crippen molar-refractivity contribution in [3.05, 3.63) is 52.1 Å². The number of thioether (sulfide) groups is 1. The van der Waals surface area contributed by atoms with E-state index in [1.165, 1.54) is 6.07 Å². The first-order valence-electron chi connectivity index (χ1n) is 10.0. The van der Waals surface area contributed by atoms with Crippen molar-refractivity contribution in [3.63, 3.8) is 0 Å². The molecule has 0 unspecified atom stereocenters. The predicted molar refractivity (Wildman–Crippen MR) is 127 cm³/mol. The molecular weight excluding hydrogens is 434 g/mol. The van der Waals surface area contributed by atoms with Crippen LogP contribution in [0.2, 0.25) is 5.15 Å². The number of halogens is 1. The van der Waals surface area contributed by atoms with E-state index in [2.05, 4.69) is 36.1 Å². The van der Waals surface area contributed by atoms with Crippen molar-refractivity contribution in [1.82, 2.24) is 9.97 Å². The van der Waals surface area contributed by atoms with Gasteiger partial charge in [0.15, 0.2) is 0 Å². The van der Waals surface area contributed by atoms with E-state index in [1.54, 1.807) is 11.8 Å². The van der Waals surface area contributed by atoms with Gasteiger partial charge in [-0.15, -0.1) is 0 Å². The zero-order valence-corrected chi connectivity index (χ0v) is 20.4. The molecule has 0 aliphatic carbocycles. The van der Waals surface area contributed by atoms with Crippen LogP contribution in [0.25, 0.3) is 0 Å². The summed E-state index contributed by atoms with van der Waals surface area (Å²) in [6, 6.07) is 7.28. The average molecular weight is 464 g/mol. The van der Waals surface area contributed by atoms with Crippen molar-refractivity contribution in [2.24, 2.45) is 5.41 Å². The highest BCUT2D eigenvalue weighted by molar-refractivity contribution is 7.99. The van der Waals surface area contributed by atoms with Crippen molar-refractivity contribution in [3.8, 4) is 0 Å². The first kappa shape index (κ1) is 25.1. The van der Waals surface area contributed by atoms with E-state index in [-0.39, 0.29) is 22.2 Å². The van der Waals surface area contributed by atoms with Gasteiger partial charge in [0, 0.05) is 28.0 Å². The highest BCUT2D eigenvalue weighted by atomic mass is 35.5. The summed E-state index contributed by atoms with van der Waals surface area (Å²) in [5, 5.41) is 12.3. The van der Waals surface area contributed by atoms with Crippen LogP contribution in [0.1, 0.15) is 64.2 Å². The van der Waals surface area contributed by atoms with Crippen LogP contribution >= 0.6 is 23.4 Å². The highest BCUT2D eigenvalue weighted by Gasteiger charge is 2.22. The number of carboxylic acids is 1. The quantitative estimate of drug-likeness (QED) is 0.536. The first-order chi connectivity index (χ1) is 14.2. The highest BCUT2D eigenvalue weighted by Crippen LogP contribution is 2.31. The number of aliphatic carboxylic acids is 1. The molecule has 168 valence electrons. The molecule has 6 nitrogen and oxygen atoms in total. The number of benzene rings is 1. The maximum absolute atomic E-state index is 12.4. The minimum absolute atomic E-state index is 0.0499. The minimum Gasteiger partial charge on any atom is -0.481 e. The number of rotatable bonds is 7. The maximum atomic E-state index is 12.4. The predicted octanol–water partition coefficient (Wildman–Crippen LogP) is 5.36. The Morgan fingerprint density at radius 1 is 1.06 bits per heavy atom. The molecule has 0 bridgehead atoms. The summed E-state index contributed by atoms with van der Waals surface area (Å²) in [6.07, 6.45) is 0.209. The molecule has 2 aromatic rings. The van der Waals surface area contributed by atoms with Crippen LogP contribution in [0.15, 0.2) is 24.3 Å². The van der Waals surface area contributed by atoms with Crippen molar-refractivity contribution in [2.45, 2.75) is 64.9 Å². The Morgan fingerprint density at radius 2 is 1.74 bits per heavy atom. The Kier molecular flexibility index (Phi) is 8.11. The van der Waals surface area contributed by atoms with Crippen molar-refractivity contribution >= 4 is 40.9 Å². The van der Waals surface area contributed by atoms with E-state index in [0.29, 0.717) is 17.9 Å². The number of anilines is 1. The Balaban J connectivity index is 2.35. The lowest BCUT2D eigenvalue weighted by atomic mass is 9.95. The minimum atomic E-state index is -0.970. The molecule has 0 saturated heterocycles. The Morgan fingerprint density at radius 3 is 2.32 bits per heavy atom. The van der Waals surface area contributed by atoms with Gasteiger partial charge in [-0.25, -0.2) is 9.97 Å². The largest absolute Gasteiger partial charge is 0.481 e. The molecule has 0 aliphatic heterocycles. The SMILES string of the molecule is CC(C)(C)SCc1cc(NC(=O)C(C)(C)C)ccc1Cc1nc(Cl)cc(CC(=O)O)n1. The second-order valence-corrected chi connectivity index (χ2v) is 11.6. The summed E-state index contributed by atoms with van der Waals surface area (Å²) in [7, 11) is 0. The third-order valence-electron chi connectivity index (χ3n) is 4.28. The number of hydrogen-bond acceptors (Lipinski definition) is 5. The summed E-state index contributed by atoms with van der Waals surface area (Å²) in [5.74, 6) is 0.200. The third kappa shape index (κ3) is 8.50. The van der Waals surface area contributed by atoms with Gasteiger partial charge in [0.25, 0.3) is 0 Å². The Hall–Kier alpha value is -2.12. The number of aromatic nitrogens is 2. The summed E-state index contributed by atoms with van der Waals surface area (Å²) in [4.78, 5) is 32.1. The van der Waals surface area contributed by atoms with Crippen molar-refractivity contribution in [1.29, 1.82) is 0 Å². The monoisotopic (exact) mass is 463 g/mol. The van der Waals surface area contributed by atoms with Crippen LogP contribution in [0.4, 0.5) is 5.69 Å². The zero-order chi connectivity index (χ0) is 23.4. The molecule has 2 N–H and O–H groups in total. The molecule has 31 heavy (non-hydrogen) atoms. The molecule has 1 amide bonds.